The van der Waals surface area contributed by atoms with Crippen LogP contribution in [0.5, 0.6) is 0 Å². The van der Waals surface area contributed by atoms with Crippen molar-refractivity contribution in [3.8, 4) is 11.1 Å². The minimum atomic E-state index is 0.787. The Kier molecular flexibility index (Phi) is 2.82. The highest BCUT2D eigenvalue weighted by atomic mass is 14.6. The van der Waals surface area contributed by atoms with E-state index in [1.165, 1.54) is 16.7 Å². The lowest BCUT2D eigenvalue weighted by Gasteiger charge is -2.07. The Morgan fingerprint density at radius 1 is 0.875 bits per heavy atom. The molecule has 0 saturated carbocycles. The third-order valence-electron chi connectivity index (χ3n) is 2.77. The molecule has 0 radical (unpaired) electrons. The van der Waals surface area contributed by atoms with Crippen LogP contribution in [-0.2, 0) is 6.42 Å². The minimum absolute atomic E-state index is 0.787. The Labute approximate surface area is 95.9 Å². The van der Waals surface area contributed by atoms with Crippen molar-refractivity contribution >= 4 is 11.4 Å². The lowest BCUT2D eigenvalue weighted by molar-refractivity contribution is 1.15. The van der Waals surface area contributed by atoms with Crippen molar-refractivity contribution in [3.05, 3.63) is 48.0 Å². The van der Waals surface area contributed by atoms with Crippen molar-refractivity contribution in [1.29, 1.82) is 0 Å². The van der Waals surface area contributed by atoms with E-state index in [1.54, 1.807) is 0 Å². The number of hydrogen-bond acceptors (Lipinski definition) is 2. The topological polar surface area (TPSA) is 52.0 Å². The van der Waals surface area contributed by atoms with Crippen molar-refractivity contribution < 1.29 is 0 Å². The van der Waals surface area contributed by atoms with E-state index in [1.807, 2.05) is 36.4 Å². The smallest absolute Gasteiger partial charge is 0.0346 e. The highest BCUT2D eigenvalue weighted by Gasteiger charge is 2.01. The van der Waals surface area contributed by atoms with Gasteiger partial charge in [0.1, 0.15) is 0 Å². The molecule has 16 heavy (non-hydrogen) atoms. The third kappa shape index (κ3) is 2.01. The van der Waals surface area contributed by atoms with Gasteiger partial charge in [-0.1, -0.05) is 25.1 Å². The standard InChI is InChI=1S/C14H16N2/c1-2-10-9-12(5-8-14(10)16)11-3-6-13(15)7-4-11/h3-9H,2,15-16H2,1H3. The molecule has 4 N–H and O–H groups in total. The van der Waals surface area contributed by atoms with Gasteiger partial charge in [-0.15, -0.1) is 0 Å². The van der Waals surface area contributed by atoms with Gasteiger partial charge < -0.3 is 11.5 Å². The van der Waals surface area contributed by atoms with Gasteiger partial charge in [0.2, 0.25) is 0 Å². The molecule has 0 heterocycles. The van der Waals surface area contributed by atoms with E-state index < -0.39 is 0 Å². The van der Waals surface area contributed by atoms with Gasteiger partial charge in [-0.3, -0.25) is 0 Å². The molecule has 0 aliphatic heterocycles. The summed E-state index contributed by atoms with van der Waals surface area (Å²) in [6.07, 6.45) is 0.953. The number of nitrogens with two attached hydrogens (primary N) is 2. The number of hydrogen-bond donors (Lipinski definition) is 2. The predicted octanol–water partition coefficient (Wildman–Crippen LogP) is 3.08. The van der Waals surface area contributed by atoms with Crippen LogP contribution in [0.4, 0.5) is 11.4 Å². The van der Waals surface area contributed by atoms with E-state index in [0.29, 0.717) is 0 Å². The Balaban J connectivity index is 2.44. The molecule has 0 spiro atoms. The lowest BCUT2D eigenvalue weighted by atomic mass is 10.0. The van der Waals surface area contributed by atoms with Crippen LogP contribution in [0.1, 0.15) is 12.5 Å². The van der Waals surface area contributed by atoms with Crippen LogP contribution in [0.2, 0.25) is 0 Å². The molecule has 2 rings (SSSR count). The van der Waals surface area contributed by atoms with Gasteiger partial charge in [0.25, 0.3) is 0 Å². The first-order chi connectivity index (χ1) is 7.70. The first-order valence-electron chi connectivity index (χ1n) is 5.45. The fraction of sp³-hybridized carbons (Fsp3) is 0.143. The number of aryl methyl sites for hydroxylation is 1. The molecule has 0 aromatic heterocycles. The van der Waals surface area contributed by atoms with Crippen molar-refractivity contribution in [3.63, 3.8) is 0 Å². The normalized spacial score (nSPS) is 10.3. The molecular formula is C14H16N2. The molecule has 0 atom stereocenters. The lowest BCUT2D eigenvalue weighted by Crippen LogP contribution is -1.93. The van der Waals surface area contributed by atoms with Gasteiger partial charge in [0, 0.05) is 11.4 Å². The zero-order chi connectivity index (χ0) is 11.5. The van der Waals surface area contributed by atoms with E-state index in [-0.39, 0.29) is 0 Å². The summed E-state index contributed by atoms with van der Waals surface area (Å²) >= 11 is 0. The largest absolute Gasteiger partial charge is 0.399 e. The Hall–Kier alpha value is -1.96. The van der Waals surface area contributed by atoms with Gasteiger partial charge in [0.05, 0.1) is 0 Å². The second-order valence-corrected chi connectivity index (χ2v) is 3.89. The summed E-state index contributed by atoms with van der Waals surface area (Å²) in [4.78, 5) is 0. The van der Waals surface area contributed by atoms with Crippen LogP contribution >= 0.6 is 0 Å². The van der Waals surface area contributed by atoms with E-state index in [4.69, 9.17) is 11.5 Å². The maximum absolute atomic E-state index is 5.88. The highest BCUT2D eigenvalue weighted by Crippen LogP contribution is 2.24. The maximum atomic E-state index is 5.88. The van der Waals surface area contributed by atoms with Gasteiger partial charge in [-0.25, -0.2) is 0 Å². The molecule has 2 aromatic carbocycles. The zero-order valence-electron chi connectivity index (χ0n) is 9.40. The first kappa shape index (κ1) is 10.6. The van der Waals surface area contributed by atoms with Crippen molar-refractivity contribution in [2.24, 2.45) is 0 Å². The third-order valence-corrected chi connectivity index (χ3v) is 2.77. The van der Waals surface area contributed by atoms with Gasteiger partial charge in [-0.05, 0) is 47.4 Å². The minimum Gasteiger partial charge on any atom is -0.399 e. The first-order valence-corrected chi connectivity index (χ1v) is 5.45. The van der Waals surface area contributed by atoms with E-state index in [2.05, 4.69) is 13.0 Å². The number of benzene rings is 2. The van der Waals surface area contributed by atoms with Crippen LogP contribution in [0.15, 0.2) is 42.5 Å². The molecule has 2 aromatic rings. The highest BCUT2D eigenvalue weighted by molar-refractivity contribution is 5.69. The summed E-state index contributed by atoms with van der Waals surface area (Å²) in [7, 11) is 0. The van der Waals surface area contributed by atoms with Gasteiger partial charge in [0.15, 0.2) is 0 Å². The zero-order valence-corrected chi connectivity index (χ0v) is 9.40. The fourth-order valence-corrected chi connectivity index (χ4v) is 1.77. The molecule has 0 unspecified atom stereocenters. The van der Waals surface area contributed by atoms with E-state index in [0.717, 1.165) is 17.8 Å². The van der Waals surface area contributed by atoms with Crippen molar-refractivity contribution in [1.82, 2.24) is 0 Å². The van der Waals surface area contributed by atoms with Crippen LogP contribution < -0.4 is 11.5 Å². The predicted molar refractivity (Wildman–Crippen MR) is 70.1 cm³/mol. The monoisotopic (exact) mass is 212 g/mol. The molecule has 0 bridgehead atoms. The number of anilines is 2. The molecule has 0 aliphatic rings. The van der Waals surface area contributed by atoms with Crippen LogP contribution in [0.25, 0.3) is 11.1 Å². The summed E-state index contributed by atoms with van der Waals surface area (Å²) in [5.41, 5.74) is 16.7. The Morgan fingerprint density at radius 3 is 2.12 bits per heavy atom. The summed E-state index contributed by atoms with van der Waals surface area (Å²) < 4.78 is 0. The SMILES string of the molecule is CCc1cc(-c2ccc(N)cc2)ccc1N. The van der Waals surface area contributed by atoms with Crippen LogP contribution in [-0.4, -0.2) is 0 Å². The van der Waals surface area contributed by atoms with E-state index >= 15 is 0 Å². The van der Waals surface area contributed by atoms with E-state index in [9.17, 15) is 0 Å². The molecule has 82 valence electrons. The molecule has 0 fully saturated rings. The summed E-state index contributed by atoms with van der Waals surface area (Å²) in [5.74, 6) is 0. The average Bonchev–Trinajstić information content (AvgIpc) is 2.31. The fourth-order valence-electron chi connectivity index (χ4n) is 1.77. The second kappa shape index (κ2) is 4.27. The average molecular weight is 212 g/mol. The summed E-state index contributed by atoms with van der Waals surface area (Å²) in [6.45, 7) is 2.11. The van der Waals surface area contributed by atoms with Gasteiger partial charge >= 0.3 is 0 Å². The quantitative estimate of drug-likeness (QED) is 0.751. The van der Waals surface area contributed by atoms with Crippen molar-refractivity contribution in [2.75, 3.05) is 11.5 Å². The number of rotatable bonds is 2. The molecule has 0 aliphatic carbocycles. The van der Waals surface area contributed by atoms with Gasteiger partial charge in [-0.2, -0.15) is 0 Å². The van der Waals surface area contributed by atoms with Crippen LogP contribution in [0.3, 0.4) is 0 Å². The van der Waals surface area contributed by atoms with Crippen LogP contribution in [0, 0.1) is 0 Å². The molecule has 2 heteroatoms. The maximum Gasteiger partial charge on any atom is 0.0346 e. The molecule has 2 nitrogen and oxygen atoms in total. The Bertz CT molecular complexity index is 487. The second-order valence-electron chi connectivity index (χ2n) is 3.89. The molecule has 0 saturated heterocycles. The molecule has 0 amide bonds. The number of nitrogen functional groups attached to an aromatic ring is 2. The van der Waals surface area contributed by atoms with Crippen molar-refractivity contribution in [2.45, 2.75) is 13.3 Å². The summed E-state index contributed by atoms with van der Waals surface area (Å²) in [5, 5.41) is 0. The summed E-state index contributed by atoms with van der Waals surface area (Å²) in [6, 6.07) is 14.0. The molecular weight excluding hydrogens is 196 g/mol. The Morgan fingerprint density at radius 2 is 1.50 bits per heavy atom.